The van der Waals surface area contributed by atoms with E-state index >= 15 is 0 Å². The lowest BCUT2D eigenvalue weighted by Gasteiger charge is -2.15. The maximum absolute atomic E-state index is 12.0. The van der Waals surface area contributed by atoms with Gasteiger partial charge in [-0.25, -0.2) is 9.78 Å². The van der Waals surface area contributed by atoms with Gasteiger partial charge in [0.15, 0.2) is 0 Å². The van der Waals surface area contributed by atoms with E-state index < -0.39 is 12.1 Å². The molecular formula is C15H22N4O4. The molecule has 0 aliphatic carbocycles. The van der Waals surface area contributed by atoms with Gasteiger partial charge in [-0.3, -0.25) is 4.79 Å². The minimum atomic E-state index is -0.498. The fourth-order valence-corrected chi connectivity index (χ4v) is 2.17. The number of nitrogens with zero attached hydrogens (tertiary/aromatic N) is 1. The summed E-state index contributed by atoms with van der Waals surface area (Å²) < 4.78 is 10.2. The van der Waals surface area contributed by atoms with Gasteiger partial charge in [0.25, 0.3) is 0 Å². The molecule has 1 aromatic heterocycles. The number of aromatic nitrogens is 1. The summed E-state index contributed by atoms with van der Waals surface area (Å²) in [6, 6.07) is 2.41. The molecule has 0 spiro atoms. The number of carbonyl (C=O) groups is 2. The highest BCUT2D eigenvalue weighted by atomic mass is 16.5. The second-order valence-corrected chi connectivity index (χ2v) is 5.16. The third-order valence-electron chi connectivity index (χ3n) is 3.37. The monoisotopic (exact) mass is 322 g/mol. The molecule has 3 N–H and O–H groups in total. The van der Waals surface area contributed by atoms with Crippen LogP contribution in [-0.2, 0) is 9.53 Å². The minimum absolute atomic E-state index is 0.141. The van der Waals surface area contributed by atoms with E-state index in [2.05, 4.69) is 20.9 Å². The Labute approximate surface area is 134 Å². The zero-order valence-electron chi connectivity index (χ0n) is 13.1. The number of urea groups is 1. The smallest absolute Gasteiger partial charge is 0.319 e. The predicted molar refractivity (Wildman–Crippen MR) is 84.4 cm³/mol. The Hall–Kier alpha value is -2.35. The van der Waals surface area contributed by atoms with Crippen molar-refractivity contribution in [3.05, 3.63) is 18.3 Å². The highest BCUT2D eigenvalue weighted by Gasteiger charge is 2.22. The van der Waals surface area contributed by atoms with Crippen LogP contribution in [0.1, 0.15) is 19.3 Å². The molecule has 8 heteroatoms. The first kappa shape index (κ1) is 17.0. The molecule has 0 saturated carbocycles. The zero-order valence-corrected chi connectivity index (χ0v) is 13.1. The minimum Gasteiger partial charge on any atom is -0.475 e. The first-order valence-electron chi connectivity index (χ1n) is 7.62. The number of carbonyl (C=O) groups excluding carboxylic acids is 2. The van der Waals surface area contributed by atoms with Crippen LogP contribution in [0.15, 0.2) is 18.3 Å². The van der Waals surface area contributed by atoms with Gasteiger partial charge in [0.1, 0.15) is 12.6 Å². The zero-order chi connectivity index (χ0) is 16.5. The lowest BCUT2D eigenvalue weighted by Crippen LogP contribution is -2.47. The van der Waals surface area contributed by atoms with Crippen molar-refractivity contribution in [2.24, 2.45) is 0 Å². The van der Waals surface area contributed by atoms with E-state index in [1.54, 1.807) is 19.2 Å². The van der Waals surface area contributed by atoms with Crippen LogP contribution < -0.4 is 20.7 Å². The third kappa shape index (κ3) is 5.74. The van der Waals surface area contributed by atoms with E-state index in [0.29, 0.717) is 37.7 Å². The molecule has 3 amide bonds. The fourth-order valence-electron chi connectivity index (χ4n) is 2.17. The van der Waals surface area contributed by atoms with Crippen LogP contribution in [0.3, 0.4) is 0 Å². The molecule has 1 atom stereocenters. The van der Waals surface area contributed by atoms with Crippen molar-refractivity contribution in [2.45, 2.75) is 25.3 Å². The van der Waals surface area contributed by atoms with E-state index in [9.17, 15) is 9.59 Å². The van der Waals surface area contributed by atoms with Gasteiger partial charge < -0.3 is 25.4 Å². The SMILES string of the molecule is COCCOc1ccc(NC(=O)N[C@H]2CCCCNC2=O)cn1. The van der Waals surface area contributed by atoms with E-state index in [1.165, 1.54) is 6.20 Å². The van der Waals surface area contributed by atoms with Gasteiger partial charge in [-0.1, -0.05) is 0 Å². The number of rotatable bonds is 6. The first-order chi connectivity index (χ1) is 11.2. The molecule has 0 radical (unpaired) electrons. The molecule has 2 rings (SSSR count). The Morgan fingerprint density at radius 2 is 2.26 bits per heavy atom. The van der Waals surface area contributed by atoms with Crippen molar-refractivity contribution in [3.63, 3.8) is 0 Å². The van der Waals surface area contributed by atoms with Gasteiger partial charge in [-0.2, -0.15) is 0 Å². The molecule has 126 valence electrons. The normalized spacial score (nSPS) is 17.8. The number of hydrogen-bond acceptors (Lipinski definition) is 5. The summed E-state index contributed by atoms with van der Waals surface area (Å²) in [5, 5.41) is 8.10. The summed E-state index contributed by atoms with van der Waals surface area (Å²) in [5.74, 6) is 0.314. The number of ether oxygens (including phenoxy) is 2. The summed E-state index contributed by atoms with van der Waals surface area (Å²) >= 11 is 0. The summed E-state index contributed by atoms with van der Waals surface area (Å²) in [7, 11) is 1.59. The van der Waals surface area contributed by atoms with Crippen LogP contribution in [0, 0.1) is 0 Å². The second-order valence-electron chi connectivity index (χ2n) is 5.16. The van der Waals surface area contributed by atoms with E-state index in [0.717, 1.165) is 12.8 Å². The van der Waals surface area contributed by atoms with Crippen LogP contribution in [0.5, 0.6) is 5.88 Å². The van der Waals surface area contributed by atoms with Gasteiger partial charge in [0, 0.05) is 19.7 Å². The molecule has 0 bridgehead atoms. The average Bonchev–Trinajstić information content (AvgIpc) is 2.74. The van der Waals surface area contributed by atoms with Crippen molar-refractivity contribution in [2.75, 3.05) is 32.2 Å². The summed E-state index contributed by atoms with van der Waals surface area (Å²) in [6.45, 7) is 1.55. The van der Waals surface area contributed by atoms with Crippen molar-refractivity contribution < 1.29 is 19.1 Å². The molecule has 1 aliphatic rings. The molecule has 0 unspecified atom stereocenters. The Kier molecular flexibility index (Phi) is 6.61. The quantitative estimate of drug-likeness (QED) is 0.675. The van der Waals surface area contributed by atoms with Crippen LogP contribution in [0.4, 0.5) is 10.5 Å². The molecule has 23 heavy (non-hydrogen) atoms. The highest BCUT2D eigenvalue weighted by molar-refractivity contribution is 5.93. The van der Waals surface area contributed by atoms with Crippen molar-refractivity contribution in [1.29, 1.82) is 0 Å². The van der Waals surface area contributed by atoms with Crippen LogP contribution in [-0.4, -0.2) is 49.8 Å². The Morgan fingerprint density at radius 3 is 3.00 bits per heavy atom. The topological polar surface area (TPSA) is 102 Å². The van der Waals surface area contributed by atoms with E-state index in [4.69, 9.17) is 9.47 Å². The Bertz CT molecular complexity index is 521. The fraction of sp³-hybridized carbons (Fsp3) is 0.533. The molecule has 1 fully saturated rings. The van der Waals surface area contributed by atoms with Gasteiger partial charge in [-0.05, 0) is 25.3 Å². The van der Waals surface area contributed by atoms with E-state index in [1.807, 2.05) is 0 Å². The van der Waals surface area contributed by atoms with Crippen molar-refractivity contribution in [3.8, 4) is 5.88 Å². The first-order valence-corrected chi connectivity index (χ1v) is 7.62. The Morgan fingerprint density at radius 1 is 1.39 bits per heavy atom. The Balaban J connectivity index is 1.81. The van der Waals surface area contributed by atoms with Gasteiger partial charge in [0.05, 0.1) is 18.5 Å². The molecule has 8 nitrogen and oxygen atoms in total. The number of pyridine rings is 1. The summed E-state index contributed by atoms with van der Waals surface area (Å²) in [5.41, 5.74) is 0.524. The molecule has 0 aromatic carbocycles. The number of anilines is 1. The van der Waals surface area contributed by atoms with Crippen molar-refractivity contribution in [1.82, 2.24) is 15.6 Å². The molecule has 1 aliphatic heterocycles. The lowest BCUT2D eigenvalue weighted by atomic mass is 10.1. The maximum Gasteiger partial charge on any atom is 0.319 e. The largest absolute Gasteiger partial charge is 0.475 e. The van der Waals surface area contributed by atoms with Crippen molar-refractivity contribution >= 4 is 17.6 Å². The van der Waals surface area contributed by atoms with Gasteiger partial charge in [-0.15, -0.1) is 0 Å². The van der Waals surface area contributed by atoms with Gasteiger partial charge in [0.2, 0.25) is 11.8 Å². The van der Waals surface area contributed by atoms with Crippen LogP contribution in [0.25, 0.3) is 0 Å². The van der Waals surface area contributed by atoms with Crippen LogP contribution >= 0.6 is 0 Å². The predicted octanol–water partition coefficient (Wildman–Crippen LogP) is 0.897. The summed E-state index contributed by atoms with van der Waals surface area (Å²) in [4.78, 5) is 27.8. The number of hydrogen-bond donors (Lipinski definition) is 3. The average molecular weight is 322 g/mol. The van der Waals surface area contributed by atoms with Gasteiger partial charge >= 0.3 is 6.03 Å². The second kappa shape index (κ2) is 8.94. The van der Waals surface area contributed by atoms with E-state index in [-0.39, 0.29) is 5.91 Å². The summed E-state index contributed by atoms with van der Waals surface area (Å²) in [6.07, 6.45) is 3.97. The standard InChI is InChI=1S/C15H22N4O4/c1-22-8-9-23-13-6-5-11(10-17-13)18-15(21)19-12-4-2-3-7-16-14(12)20/h5-6,10,12H,2-4,7-9H2,1H3,(H,16,20)(H2,18,19,21)/t12-/m0/s1. The number of nitrogens with one attached hydrogen (secondary N) is 3. The number of amides is 3. The molecule has 2 heterocycles. The molecule has 1 aromatic rings. The number of methoxy groups -OCH3 is 1. The molecular weight excluding hydrogens is 300 g/mol. The maximum atomic E-state index is 12.0. The molecule has 1 saturated heterocycles. The highest BCUT2D eigenvalue weighted by Crippen LogP contribution is 2.12. The lowest BCUT2D eigenvalue weighted by molar-refractivity contribution is -0.122. The third-order valence-corrected chi connectivity index (χ3v) is 3.37. The van der Waals surface area contributed by atoms with Crippen LogP contribution in [0.2, 0.25) is 0 Å².